The highest BCUT2D eigenvalue weighted by Gasteiger charge is 2.19. The van der Waals surface area contributed by atoms with Crippen LogP contribution in [0.2, 0.25) is 0 Å². The van der Waals surface area contributed by atoms with Crippen molar-refractivity contribution in [2.45, 2.75) is 33.7 Å². The van der Waals surface area contributed by atoms with E-state index in [-0.39, 0.29) is 17.9 Å². The number of benzene rings is 1. The molecule has 18 heavy (non-hydrogen) atoms. The third kappa shape index (κ3) is 3.76. The van der Waals surface area contributed by atoms with Crippen LogP contribution in [-0.4, -0.2) is 13.0 Å². The Hall–Kier alpha value is -1.51. The fraction of sp³-hybridized carbons (Fsp3) is 0.533. The van der Waals surface area contributed by atoms with Gasteiger partial charge >= 0.3 is 0 Å². The number of ether oxygens (including phenoxy) is 1. The highest BCUT2D eigenvalue weighted by Crippen LogP contribution is 2.24. The molecule has 1 aromatic carbocycles. The van der Waals surface area contributed by atoms with Gasteiger partial charge in [0.25, 0.3) is 0 Å². The van der Waals surface area contributed by atoms with Crippen LogP contribution in [0.3, 0.4) is 0 Å². The van der Waals surface area contributed by atoms with E-state index in [1.807, 2.05) is 38.1 Å². The van der Waals surface area contributed by atoms with Crippen LogP contribution in [0.4, 0.5) is 0 Å². The number of carbonyl (C=O) groups excluding carboxylic acids is 1. The van der Waals surface area contributed by atoms with Crippen LogP contribution in [0, 0.1) is 11.8 Å². The molecule has 0 radical (unpaired) electrons. The van der Waals surface area contributed by atoms with E-state index in [4.69, 9.17) is 4.74 Å². The first-order valence-corrected chi connectivity index (χ1v) is 6.40. The second-order valence-corrected chi connectivity index (χ2v) is 5.16. The summed E-state index contributed by atoms with van der Waals surface area (Å²) >= 11 is 0. The van der Waals surface area contributed by atoms with Crippen LogP contribution in [0.15, 0.2) is 24.3 Å². The third-order valence-corrected chi connectivity index (χ3v) is 2.96. The predicted octanol–water partition coefficient (Wildman–Crippen LogP) is 3.16. The second kappa shape index (κ2) is 6.43. The molecule has 3 heteroatoms. The van der Waals surface area contributed by atoms with Gasteiger partial charge in [-0.15, -0.1) is 0 Å². The lowest BCUT2D eigenvalue weighted by Gasteiger charge is -2.24. The zero-order chi connectivity index (χ0) is 13.7. The molecule has 0 spiro atoms. The van der Waals surface area contributed by atoms with E-state index >= 15 is 0 Å². The Kier molecular flexibility index (Phi) is 5.20. The van der Waals surface area contributed by atoms with Crippen LogP contribution in [0.25, 0.3) is 0 Å². The molecule has 0 heterocycles. The molecule has 1 atom stereocenters. The van der Waals surface area contributed by atoms with Gasteiger partial charge in [-0.1, -0.05) is 39.8 Å². The lowest BCUT2D eigenvalue weighted by atomic mass is 9.95. The summed E-state index contributed by atoms with van der Waals surface area (Å²) in [6, 6.07) is 7.90. The molecule has 0 aromatic heterocycles. The Labute approximate surface area is 110 Å². The van der Waals surface area contributed by atoms with Crippen molar-refractivity contribution in [3.05, 3.63) is 29.8 Å². The molecule has 0 aliphatic carbocycles. The van der Waals surface area contributed by atoms with Crippen molar-refractivity contribution in [2.75, 3.05) is 7.11 Å². The molecule has 100 valence electrons. The maximum Gasteiger partial charge on any atom is 0.223 e. The maximum atomic E-state index is 11.8. The number of hydrogen-bond acceptors (Lipinski definition) is 2. The van der Waals surface area contributed by atoms with E-state index in [0.29, 0.717) is 5.92 Å². The fourth-order valence-corrected chi connectivity index (χ4v) is 1.77. The van der Waals surface area contributed by atoms with Gasteiger partial charge in [0.05, 0.1) is 13.2 Å². The number of methoxy groups -OCH3 is 1. The van der Waals surface area contributed by atoms with Gasteiger partial charge < -0.3 is 10.1 Å². The van der Waals surface area contributed by atoms with Crippen LogP contribution in [-0.2, 0) is 4.79 Å². The molecule has 0 aliphatic rings. The SMILES string of the molecule is COc1ccc(C(NC(=O)C(C)C)C(C)C)cc1. The third-order valence-electron chi connectivity index (χ3n) is 2.96. The summed E-state index contributed by atoms with van der Waals surface area (Å²) in [7, 11) is 1.65. The summed E-state index contributed by atoms with van der Waals surface area (Å²) < 4.78 is 5.14. The lowest BCUT2D eigenvalue weighted by Crippen LogP contribution is -2.34. The standard InChI is InChI=1S/C15H23NO2/c1-10(2)14(16-15(17)11(3)4)12-6-8-13(18-5)9-7-12/h6-11,14H,1-5H3,(H,16,17). The summed E-state index contributed by atoms with van der Waals surface area (Å²) in [6.07, 6.45) is 0. The number of amides is 1. The molecule has 1 N–H and O–H groups in total. The van der Waals surface area contributed by atoms with Crippen LogP contribution in [0.5, 0.6) is 5.75 Å². The Balaban J connectivity index is 2.87. The lowest BCUT2D eigenvalue weighted by molar-refractivity contribution is -0.125. The molecule has 0 aliphatic heterocycles. The van der Waals surface area contributed by atoms with Crippen molar-refractivity contribution in [1.82, 2.24) is 5.32 Å². The quantitative estimate of drug-likeness (QED) is 0.870. The first-order valence-electron chi connectivity index (χ1n) is 6.40. The van der Waals surface area contributed by atoms with Crippen molar-refractivity contribution in [3.8, 4) is 5.75 Å². The maximum absolute atomic E-state index is 11.8. The van der Waals surface area contributed by atoms with Gasteiger partial charge in [-0.3, -0.25) is 4.79 Å². The van der Waals surface area contributed by atoms with Gasteiger partial charge in [-0.25, -0.2) is 0 Å². The van der Waals surface area contributed by atoms with Crippen LogP contribution >= 0.6 is 0 Å². The first kappa shape index (κ1) is 14.6. The van der Waals surface area contributed by atoms with E-state index < -0.39 is 0 Å². The topological polar surface area (TPSA) is 38.3 Å². The Morgan fingerprint density at radius 1 is 1.11 bits per heavy atom. The van der Waals surface area contributed by atoms with E-state index in [1.54, 1.807) is 7.11 Å². The van der Waals surface area contributed by atoms with E-state index in [0.717, 1.165) is 11.3 Å². The summed E-state index contributed by atoms with van der Waals surface area (Å²) in [5.74, 6) is 1.27. The van der Waals surface area contributed by atoms with Gasteiger partial charge in [-0.2, -0.15) is 0 Å². The van der Waals surface area contributed by atoms with Crippen molar-refractivity contribution in [3.63, 3.8) is 0 Å². The van der Waals surface area contributed by atoms with Crippen molar-refractivity contribution < 1.29 is 9.53 Å². The van der Waals surface area contributed by atoms with Crippen molar-refractivity contribution >= 4 is 5.91 Å². The molecule has 3 nitrogen and oxygen atoms in total. The van der Waals surface area contributed by atoms with Gasteiger partial charge in [0.2, 0.25) is 5.91 Å². The predicted molar refractivity (Wildman–Crippen MR) is 73.6 cm³/mol. The minimum Gasteiger partial charge on any atom is -0.497 e. The highest BCUT2D eigenvalue weighted by molar-refractivity contribution is 5.78. The smallest absolute Gasteiger partial charge is 0.223 e. The monoisotopic (exact) mass is 249 g/mol. The summed E-state index contributed by atoms with van der Waals surface area (Å²) in [5, 5.41) is 3.09. The van der Waals surface area contributed by atoms with Gasteiger partial charge in [0.1, 0.15) is 5.75 Å². The summed E-state index contributed by atoms with van der Waals surface area (Å²) in [4.78, 5) is 11.8. The molecule has 0 fully saturated rings. The van der Waals surface area contributed by atoms with E-state index in [1.165, 1.54) is 0 Å². The minimum absolute atomic E-state index is 0.00417. The molecular formula is C15H23NO2. The minimum atomic E-state index is 0.00417. The number of rotatable bonds is 5. The molecule has 1 unspecified atom stereocenters. The van der Waals surface area contributed by atoms with Gasteiger partial charge in [0.15, 0.2) is 0 Å². The Morgan fingerprint density at radius 3 is 2.06 bits per heavy atom. The van der Waals surface area contributed by atoms with E-state index in [9.17, 15) is 4.79 Å². The van der Waals surface area contributed by atoms with Gasteiger partial charge in [0, 0.05) is 5.92 Å². The molecule has 0 saturated heterocycles. The number of carbonyl (C=O) groups is 1. The largest absolute Gasteiger partial charge is 0.497 e. The van der Waals surface area contributed by atoms with Crippen LogP contribution in [0.1, 0.15) is 39.3 Å². The molecule has 0 bridgehead atoms. The number of hydrogen-bond donors (Lipinski definition) is 1. The molecule has 1 aromatic rings. The second-order valence-electron chi connectivity index (χ2n) is 5.16. The Bertz CT molecular complexity index is 382. The van der Waals surface area contributed by atoms with Crippen molar-refractivity contribution in [1.29, 1.82) is 0 Å². The average Bonchev–Trinajstić information content (AvgIpc) is 2.35. The normalized spacial score (nSPS) is 12.6. The highest BCUT2D eigenvalue weighted by atomic mass is 16.5. The number of nitrogens with one attached hydrogen (secondary N) is 1. The van der Waals surface area contributed by atoms with Gasteiger partial charge in [-0.05, 0) is 23.6 Å². The zero-order valence-corrected chi connectivity index (χ0v) is 11.9. The molecular weight excluding hydrogens is 226 g/mol. The van der Waals surface area contributed by atoms with E-state index in [2.05, 4.69) is 19.2 Å². The molecule has 1 amide bonds. The molecule has 1 rings (SSSR count). The summed E-state index contributed by atoms with van der Waals surface area (Å²) in [6.45, 7) is 8.02. The zero-order valence-electron chi connectivity index (χ0n) is 11.9. The first-order chi connectivity index (χ1) is 8.45. The van der Waals surface area contributed by atoms with Crippen LogP contribution < -0.4 is 10.1 Å². The fourth-order valence-electron chi connectivity index (χ4n) is 1.77. The average molecular weight is 249 g/mol. The Morgan fingerprint density at radius 2 is 1.67 bits per heavy atom. The summed E-state index contributed by atoms with van der Waals surface area (Å²) in [5.41, 5.74) is 1.11. The van der Waals surface area contributed by atoms with Crippen molar-refractivity contribution in [2.24, 2.45) is 11.8 Å². The molecule has 0 saturated carbocycles.